The summed E-state index contributed by atoms with van der Waals surface area (Å²) in [6.45, 7) is 7.28. The van der Waals surface area contributed by atoms with Crippen LogP contribution in [0.25, 0.3) is 0 Å². The molecule has 0 aliphatic rings. The van der Waals surface area contributed by atoms with Crippen molar-refractivity contribution in [2.24, 2.45) is 0 Å². The predicted molar refractivity (Wildman–Crippen MR) is 40.3 cm³/mol. The van der Waals surface area contributed by atoms with E-state index < -0.39 is 0 Å². The smallest absolute Gasteiger partial charge is 0.261 e. The van der Waals surface area contributed by atoms with Gasteiger partial charge in [0, 0.05) is 0 Å². The Morgan fingerprint density at radius 2 is 1.45 bits per heavy atom. The molecule has 0 atom stereocenters. The van der Waals surface area contributed by atoms with E-state index in [0.29, 0.717) is 6.41 Å². The van der Waals surface area contributed by atoms with Gasteiger partial charge in [-0.3, -0.25) is 4.79 Å². The quantitative estimate of drug-likeness (QED) is 0.448. The third-order valence-electron chi connectivity index (χ3n) is 0.715. The summed E-state index contributed by atoms with van der Waals surface area (Å²) in [6.07, 6.45) is 0.387. The molecule has 1 amide bonds. The van der Waals surface area contributed by atoms with Gasteiger partial charge in [-0.1, -0.05) is 5.23 Å². The van der Waals surface area contributed by atoms with Crippen molar-refractivity contribution in [1.82, 2.24) is 5.23 Å². The van der Waals surface area contributed by atoms with Crippen molar-refractivity contribution in [3.8, 4) is 0 Å². The van der Waals surface area contributed by atoms with Crippen LogP contribution in [0.3, 0.4) is 0 Å². The first-order valence-corrected chi connectivity index (χ1v) is 3.64. The van der Waals surface area contributed by atoms with E-state index in [-0.39, 0.29) is 12.2 Å². The van der Waals surface area contributed by atoms with E-state index in [1.807, 2.05) is 27.7 Å². The molecule has 0 fully saturated rings. The van der Waals surface area contributed by atoms with E-state index in [0.717, 1.165) is 5.23 Å². The molecule has 0 saturated carbocycles. The molecule has 0 saturated heterocycles. The topological polar surface area (TPSA) is 38.8 Å². The van der Waals surface area contributed by atoms with Crippen molar-refractivity contribution in [1.29, 1.82) is 0 Å². The lowest BCUT2D eigenvalue weighted by Crippen LogP contribution is -2.29. The van der Waals surface area contributed by atoms with Crippen LogP contribution in [0.2, 0.25) is 0 Å². The highest BCUT2D eigenvalue weighted by molar-refractivity contribution is 5.43. The molecule has 0 aromatic rings. The summed E-state index contributed by atoms with van der Waals surface area (Å²) in [5, 5.41) is 0.843. The van der Waals surface area contributed by atoms with Gasteiger partial charge in [0.25, 0.3) is 6.41 Å². The van der Waals surface area contributed by atoms with Crippen LogP contribution in [-0.4, -0.2) is 23.8 Å². The van der Waals surface area contributed by atoms with Gasteiger partial charge in [-0.2, -0.15) is 0 Å². The number of nitrogens with zero attached hydrogens (tertiary/aromatic N) is 1. The number of carbonyl (C=O) groups excluding carboxylic acids is 1. The maximum absolute atomic E-state index is 10.3. The fourth-order valence-corrected chi connectivity index (χ4v) is 0.490. The first kappa shape index (κ1) is 10.4. The second-order valence-corrected chi connectivity index (χ2v) is 2.70. The van der Waals surface area contributed by atoms with Gasteiger partial charge >= 0.3 is 0 Å². The van der Waals surface area contributed by atoms with Crippen LogP contribution in [0.4, 0.5) is 0 Å². The number of amides is 1. The molecule has 0 N–H and O–H groups in total. The van der Waals surface area contributed by atoms with E-state index in [1.54, 1.807) is 0 Å². The normalized spacial score (nSPS) is 10.7. The average molecular weight is 161 g/mol. The maximum atomic E-state index is 10.3. The molecular formula is C7H15NO3. The largest absolute Gasteiger partial charge is 0.274 e. The summed E-state index contributed by atoms with van der Waals surface area (Å²) in [7, 11) is 0. The van der Waals surface area contributed by atoms with E-state index in [2.05, 4.69) is 0 Å². The molecule has 4 nitrogen and oxygen atoms in total. The fraction of sp³-hybridized carbons (Fsp3) is 0.857. The number of rotatable bonds is 5. The van der Waals surface area contributed by atoms with E-state index in [9.17, 15) is 4.79 Å². The molecule has 0 aliphatic carbocycles. The Morgan fingerprint density at radius 1 is 1.09 bits per heavy atom. The molecule has 0 aliphatic heterocycles. The van der Waals surface area contributed by atoms with Crippen LogP contribution < -0.4 is 0 Å². The summed E-state index contributed by atoms with van der Waals surface area (Å²) >= 11 is 0. The zero-order valence-corrected chi connectivity index (χ0v) is 7.40. The molecule has 0 radical (unpaired) electrons. The SMILES string of the molecule is CC(C)ON(C=O)OC(C)C. The van der Waals surface area contributed by atoms with Gasteiger partial charge in [-0.05, 0) is 27.7 Å². The minimum Gasteiger partial charge on any atom is -0.274 e. The average Bonchev–Trinajstić information content (AvgIpc) is 1.84. The number of hydrogen-bond donors (Lipinski definition) is 0. The Balaban J connectivity index is 3.67. The van der Waals surface area contributed by atoms with Gasteiger partial charge in [-0.15, -0.1) is 0 Å². The summed E-state index contributed by atoms with van der Waals surface area (Å²) in [5.74, 6) is 0. The zero-order valence-electron chi connectivity index (χ0n) is 7.40. The fourth-order valence-electron chi connectivity index (χ4n) is 0.490. The summed E-state index contributed by atoms with van der Waals surface area (Å²) < 4.78 is 0. The van der Waals surface area contributed by atoms with E-state index in [4.69, 9.17) is 9.68 Å². The van der Waals surface area contributed by atoms with Crippen LogP contribution in [0.1, 0.15) is 27.7 Å². The van der Waals surface area contributed by atoms with Gasteiger partial charge in [0.1, 0.15) is 0 Å². The molecule has 11 heavy (non-hydrogen) atoms. The standard InChI is InChI=1S/C7H15NO3/c1-6(2)10-8(5-9)11-7(3)4/h5-7H,1-4H3. The molecule has 0 rings (SSSR count). The Morgan fingerprint density at radius 3 is 1.64 bits per heavy atom. The van der Waals surface area contributed by atoms with Crippen LogP contribution in [0.15, 0.2) is 0 Å². The minimum atomic E-state index is -0.0565. The van der Waals surface area contributed by atoms with Gasteiger partial charge in [0.05, 0.1) is 12.2 Å². The Labute approximate surface area is 67.0 Å². The summed E-state index contributed by atoms with van der Waals surface area (Å²) in [5.41, 5.74) is 0. The second-order valence-electron chi connectivity index (χ2n) is 2.70. The van der Waals surface area contributed by atoms with Gasteiger partial charge in [0.15, 0.2) is 0 Å². The van der Waals surface area contributed by atoms with Crippen molar-refractivity contribution >= 4 is 6.41 Å². The van der Waals surface area contributed by atoms with Crippen molar-refractivity contribution in [3.63, 3.8) is 0 Å². The zero-order chi connectivity index (χ0) is 8.85. The molecule has 0 aromatic carbocycles. The van der Waals surface area contributed by atoms with Crippen molar-refractivity contribution < 1.29 is 14.5 Å². The lowest BCUT2D eigenvalue weighted by atomic mass is 10.5. The molecule has 0 aromatic heterocycles. The molecule has 0 heterocycles. The molecule has 0 spiro atoms. The Kier molecular flexibility index (Phi) is 4.81. The molecular weight excluding hydrogens is 146 g/mol. The highest BCUT2D eigenvalue weighted by Crippen LogP contribution is 1.98. The first-order chi connectivity index (χ1) is 5.06. The molecule has 4 heteroatoms. The molecule has 66 valence electrons. The summed E-state index contributed by atoms with van der Waals surface area (Å²) in [6, 6.07) is 0. The maximum Gasteiger partial charge on any atom is 0.261 e. The Hall–Kier alpha value is -0.610. The van der Waals surface area contributed by atoms with Crippen molar-refractivity contribution in [2.75, 3.05) is 0 Å². The van der Waals surface area contributed by atoms with Crippen molar-refractivity contribution in [2.45, 2.75) is 39.9 Å². The lowest BCUT2D eigenvalue weighted by Gasteiger charge is -2.19. The van der Waals surface area contributed by atoms with Gasteiger partial charge < -0.3 is 0 Å². The number of carbonyl (C=O) groups is 1. The van der Waals surface area contributed by atoms with Gasteiger partial charge in [-0.25, -0.2) is 9.68 Å². The van der Waals surface area contributed by atoms with E-state index in [1.165, 1.54) is 0 Å². The van der Waals surface area contributed by atoms with Crippen LogP contribution in [0.5, 0.6) is 0 Å². The van der Waals surface area contributed by atoms with Crippen LogP contribution >= 0.6 is 0 Å². The first-order valence-electron chi connectivity index (χ1n) is 3.64. The number of hydroxylamine groups is 2. The number of hydrogen-bond acceptors (Lipinski definition) is 3. The minimum absolute atomic E-state index is 0.0565. The molecule has 0 bridgehead atoms. The highest BCUT2D eigenvalue weighted by atomic mass is 17.0. The summed E-state index contributed by atoms with van der Waals surface area (Å²) in [4.78, 5) is 20.2. The highest BCUT2D eigenvalue weighted by Gasteiger charge is 2.06. The second kappa shape index (κ2) is 5.09. The Bertz CT molecular complexity index is 104. The van der Waals surface area contributed by atoms with Crippen LogP contribution in [0, 0.1) is 0 Å². The third-order valence-corrected chi connectivity index (χ3v) is 0.715. The molecule has 0 unspecified atom stereocenters. The predicted octanol–water partition coefficient (Wildman–Crippen LogP) is 1.12. The van der Waals surface area contributed by atoms with Crippen LogP contribution in [-0.2, 0) is 14.5 Å². The van der Waals surface area contributed by atoms with Crippen molar-refractivity contribution in [3.05, 3.63) is 0 Å². The lowest BCUT2D eigenvalue weighted by molar-refractivity contribution is -0.359. The van der Waals surface area contributed by atoms with E-state index >= 15 is 0 Å². The monoisotopic (exact) mass is 161 g/mol. The van der Waals surface area contributed by atoms with Gasteiger partial charge in [0.2, 0.25) is 0 Å². The third kappa shape index (κ3) is 5.82.